The lowest BCUT2D eigenvalue weighted by Crippen LogP contribution is -1.93. The number of hydrogen-bond donors (Lipinski definition) is 1. The summed E-state index contributed by atoms with van der Waals surface area (Å²) in [5.41, 5.74) is 5.51. The summed E-state index contributed by atoms with van der Waals surface area (Å²) >= 11 is 13.2. The first kappa shape index (κ1) is 11.5. The van der Waals surface area contributed by atoms with Crippen LogP contribution in [0.15, 0.2) is 24.4 Å². The van der Waals surface area contributed by atoms with Crippen LogP contribution < -0.4 is 10.5 Å². The number of rotatable bonds is 3. The number of halogens is 2. The fraction of sp³-hybridized carbons (Fsp3) is 0.100. The second-order valence-corrected chi connectivity index (χ2v) is 5.02. The van der Waals surface area contributed by atoms with Crippen LogP contribution in [0.1, 0.15) is 4.88 Å². The Kier molecular flexibility index (Phi) is 3.53. The number of anilines is 1. The molecule has 0 bridgehead atoms. The number of hydrogen-bond acceptors (Lipinski definition) is 4. The zero-order valence-corrected chi connectivity index (χ0v) is 10.4. The Labute approximate surface area is 107 Å². The highest BCUT2D eigenvalue weighted by Crippen LogP contribution is 2.28. The SMILES string of the molecule is Nc1ncc(COc2cc(Cl)ccc2Cl)s1. The monoisotopic (exact) mass is 274 g/mol. The predicted molar refractivity (Wildman–Crippen MR) is 67.3 cm³/mol. The highest BCUT2D eigenvalue weighted by Gasteiger charge is 2.04. The van der Waals surface area contributed by atoms with E-state index in [0.717, 1.165) is 4.88 Å². The largest absolute Gasteiger partial charge is 0.486 e. The topological polar surface area (TPSA) is 48.1 Å². The van der Waals surface area contributed by atoms with Crippen LogP contribution in [0.3, 0.4) is 0 Å². The van der Waals surface area contributed by atoms with Gasteiger partial charge in [-0.25, -0.2) is 4.98 Å². The molecule has 0 radical (unpaired) electrons. The van der Waals surface area contributed by atoms with Crippen molar-refractivity contribution in [2.45, 2.75) is 6.61 Å². The van der Waals surface area contributed by atoms with Crippen LogP contribution in [0.4, 0.5) is 5.13 Å². The molecule has 6 heteroatoms. The van der Waals surface area contributed by atoms with E-state index in [1.807, 2.05) is 0 Å². The van der Waals surface area contributed by atoms with Crippen molar-refractivity contribution in [1.29, 1.82) is 0 Å². The highest BCUT2D eigenvalue weighted by molar-refractivity contribution is 7.15. The van der Waals surface area contributed by atoms with Crippen molar-refractivity contribution in [1.82, 2.24) is 4.98 Å². The second-order valence-electron chi connectivity index (χ2n) is 3.03. The molecule has 1 aromatic heterocycles. The molecule has 0 aliphatic carbocycles. The average molecular weight is 275 g/mol. The summed E-state index contributed by atoms with van der Waals surface area (Å²) in [4.78, 5) is 4.86. The fourth-order valence-corrected chi connectivity index (χ4v) is 2.06. The van der Waals surface area contributed by atoms with Gasteiger partial charge in [0.25, 0.3) is 0 Å². The predicted octanol–water partition coefficient (Wildman–Crippen LogP) is 3.61. The lowest BCUT2D eigenvalue weighted by atomic mass is 10.3. The summed E-state index contributed by atoms with van der Waals surface area (Å²) in [7, 11) is 0. The Morgan fingerprint density at radius 2 is 2.19 bits per heavy atom. The van der Waals surface area contributed by atoms with Gasteiger partial charge in [0.1, 0.15) is 12.4 Å². The van der Waals surface area contributed by atoms with E-state index in [2.05, 4.69) is 4.98 Å². The van der Waals surface area contributed by atoms with Crippen LogP contribution in [0.5, 0.6) is 5.75 Å². The standard InChI is InChI=1S/C10H8Cl2N2OS/c11-6-1-2-8(12)9(3-6)15-5-7-4-14-10(13)16-7/h1-4H,5H2,(H2,13,14). The molecule has 16 heavy (non-hydrogen) atoms. The molecule has 2 rings (SSSR count). The van der Waals surface area contributed by atoms with Crippen LogP contribution in [-0.2, 0) is 6.61 Å². The molecule has 84 valence electrons. The summed E-state index contributed by atoms with van der Waals surface area (Å²) in [6.45, 7) is 0.384. The molecule has 0 saturated carbocycles. The number of thiazole rings is 1. The Morgan fingerprint density at radius 1 is 1.38 bits per heavy atom. The van der Waals surface area contributed by atoms with Crippen molar-refractivity contribution >= 4 is 39.7 Å². The number of nitrogens with zero attached hydrogens (tertiary/aromatic N) is 1. The number of aromatic nitrogens is 1. The molecule has 0 spiro atoms. The summed E-state index contributed by atoms with van der Waals surface area (Å²) in [5, 5.41) is 1.64. The molecule has 2 N–H and O–H groups in total. The summed E-state index contributed by atoms with van der Waals surface area (Å²) in [6.07, 6.45) is 1.68. The van der Waals surface area contributed by atoms with Gasteiger partial charge in [-0.05, 0) is 12.1 Å². The molecule has 0 fully saturated rings. The van der Waals surface area contributed by atoms with Gasteiger partial charge in [-0.15, -0.1) is 0 Å². The van der Waals surface area contributed by atoms with Crippen molar-refractivity contribution in [3.63, 3.8) is 0 Å². The van der Waals surface area contributed by atoms with Crippen molar-refractivity contribution in [3.8, 4) is 5.75 Å². The van der Waals surface area contributed by atoms with Gasteiger partial charge in [-0.1, -0.05) is 34.5 Å². The van der Waals surface area contributed by atoms with Gasteiger partial charge in [0.2, 0.25) is 0 Å². The summed E-state index contributed by atoms with van der Waals surface area (Å²) < 4.78 is 5.52. The van der Waals surface area contributed by atoms with Gasteiger partial charge in [0, 0.05) is 17.3 Å². The van der Waals surface area contributed by atoms with E-state index in [1.54, 1.807) is 24.4 Å². The fourth-order valence-electron chi connectivity index (χ4n) is 1.13. The molecule has 2 aromatic rings. The minimum absolute atomic E-state index is 0.384. The molecular weight excluding hydrogens is 267 g/mol. The quantitative estimate of drug-likeness (QED) is 0.930. The molecule has 0 atom stereocenters. The van der Waals surface area contributed by atoms with Gasteiger partial charge in [-0.2, -0.15) is 0 Å². The minimum Gasteiger partial charge on any atom is -0.486 e. The first-order valence-corrected chi connectivity index (χ1v) is 6.00. The van der Waals surface area contributed by atoms with E-state index in [1.165, 1.54) is 11.3 Å². The molecular formula is C10H8Cl2N2OS. The molecule has 0 aliphatic heterocycles. The van der Waals surface area contributed by atoms with E-state index in [4.69, 9.17) is 33.7 Å². The molecule has 0 unspecified atom stereocenters. The van der Waals surface area contributed by atoms with Crippen molar-refractivity contribution in [2.24, 2.45) is 0 Å². The Bertz CT molecular complexity index is 501. The number of benzene rings is 1. The Morgan fingerprint density at radius 3 is 2.88 bits per heavy atom. The lowest BCUT2D eigenvalue weighted by Gasteiger charge is -2.06. The van der Waals surface area contributed by atoms with E-state index in [9.17, 15) is 0 Å². The third-order valence-corrected chi connectivity index (χ3v) is 3.18. The van der Waals surface area contributed by atoms with Crippen molar-refractivity contribution in [2.75, 3.05) is 5.73 Å². The Balaban J connectivity index is 2.07. The van der Waals surface area contributed by atoms with Crippen LogP contribution >= 0.6 is 34.5 Å². The smallest absolute Gasteiger partial charge is 0.180 e. The average Bonchev–Trinajstić information content (AvgIpc) is 2.66. The second kappa shape index (κ2) is 4.91. The minimum atomic E-state index is 0.384. The molecule has 0 aliphatic rings. The van der Waals surface area contributed by atoms with E-state index in [0.29, 0.717) is 27.5 Å². The van der Waals surface area contributed by atoms with Crippen molar-refractivity contribution < 1.29 is 4.74 Å². The Hall–Kier alpha value is -0.970. The van der Waals surface area contributed by atoms with Crippen LogP contribution in [0, 0.1) is 0 Å². The maximum absolute atomic E-state index is 5.95. The maximum Gasteiger partial charge on any atom is 0.180 e. The zero-order valence-electron chi connectivity index (χ0n) is 8.11. The molecule has 1 aromatic carbocycles. The van der Waals surface area contributed by atoms with Crippen LogP contribution in [-0.4, -0.2) is 4.98 Å². The van der Waals surface area contributed by atoms with Gasteiger partial charge in [0.15, 0.2) is 5.13 Å². The molecule has 3 nitrogen and oxygen atoms in total. The van der Waals surface area contributed by atoms with Crippen molar-refractivity contribution in [3.05, 3.63) is 39.3 Å². The van der Waals surface area contributed by atoms with Gasteiger partial charge < -0.3 is 10.5 Å². The number of nitrogens with two attached hydrogens (primary N) is 1. The van der Waals surface area contributed by atoms with E-state index in [-0.39, 0.29) is 0 Å². The van der Waals surface area contributed by atoms with Gasteiger partial charge in [-0.3, -0.25) is 0 Å². The third-order valence-electron chi connectivity index (χ3n) is 1.83. The maximum atomic E-state index is 5.95. The number of nitrogen functional groups attached to an aromatic ring is 1. The highest BCUT2D eigenvalue weighted by atomic mass is 35.5. The summed E-state index contributed by atoms with van der Waals surface area (Å²) in [5.74, 6) is 0.557. The first-order chi connectivity index (χ1) is 7.65. The zero-order chi connectivity index (χ0) is 11.5. The van der Waals surface area contributed by atoms with Crippen LogP contribution in [0.25, 0.3) is 0 Å². The molecule has 0 saturated heterocycles. The first-order valence-electron chi connectivity index (χ1n) is 4.43. The van der Waals surface area contributed by atoms with Gasteiger partial charge >= 0.3 is 0 Å². The van der Waals surface area contributed by atoms with E-state index >= 15 is 0 Å². The summed E-state index contributed by atoms with van der Waals surface area (Å²) in [6, 6.07) is 5.08. The van der Waals surface area contributed by atoms with E-state index < -0.39 is 0 Å². The molecule has 1 heterocycles. The third kappa shape index (κ3) is 2.78. The van der Waals surface area contributed by atoms with Gasteiger partial charge in [0.05, 0.1) is 9.90 Å². The normalized spacial score (nSPS) is 10.4. The van der Waals surface area contributed by atoms with Crippen LogP contribution in [0.2, 0.25) is 10.0 Å². The lowest BCUT2D eigenvalue weighted by molar-refractivity contribution is 0.310. The molecule has 0 amide bonds. The number of ether oxygens (including phenoxy) is 1.